The standard InChI is InChI=1S/C24H25NO5/c1-27-18-8-10-20-22(14-18)30-23-15-19(28-13-5-12-25)9-11-21(23)24(20,29-16-26)17-6-3-2-4-7-17/h2-4,6,8-11,14-17H,5,7,12-13,25H2,1H3. The molecule has 2 aliphatic rings. The molecule has 1 aliphatic carbocycles. The van der Waals surface area contributed by atoms with Gasteiger partial charge in [0.15, 0.2) is 5.60 Å². The molecule has 2 N–H and O–H groups in total. The Bertz CT molecular complexity index is 984. The number of carbonyl (C=O) groups is 1. The van der Waals surface area contributed by atoms with Crippen molar-refractivity contribution in [3.05, 3.63) is 71.8 Å². The SMILES string of the molecule is COc1ccc2c(c1)Oc1cc(OCCCN)ccc1C2(OC=O)C1C=CC=CC1. The minimum absolute atomic E-state index is 0.0912. The highest BCUT2D eigenvalue weighted by atomic mass is 16.5. The van der Waals surface area contributed by atoms with E-state index in [2.05, 4.69) is 12.2 Å². The summed E-state index contributed by atoms with van der Waals surface area (Å²) in [4.78, 5) is 11.7. The van der Waals surface area contributed by atoms with Crippen LogP contribution in [0.5, 0.6) is 23.0 Å². The molecule has 6 heteroatoms. The summed E-state index contributed by atoms with van der Waals surface area (Å²) in [7, 11) is 1.60. The van der Waals surface area contributed by atoms with Gasteiger partial charge in [-0.1, -0.05) is 24.3 Å². The molecular weight excluding hydrogens is 382 g/mol. The minimum atomic E-state index is -1.02. The van der Waals surface area contributed by atoms with Crippen molar-refractivity contribution >= 4 is 6.47 Å². The predicted molar refractivity (Wildman–Crippen MR) is 113 cm³/mol. The van der Waals surface area contributed by atoms with E-state index in [4.69, 9.17) is 24.7 Å². The van der Waals surface area contributed by atoms with E-state index in [1.54, 1.807) is 7.11 Å². The van der Waals surface area contributed by atoms with Gasteiger partial charge in [0.25, 0.3) is 6.47 Å². The van der Waals surface area contributed by atoms with Crippen molar-refractivity contribution in [2.24, 2.45) is 11.7 Å². The number of hydrogen-bond acceptors (Lipinski definition) is 6. The van der Waals surface area contributed by atoms with Gasteiger partial charge in [-0.3, -0.25) is 4.79 Å². The third-order valence-corrected chi connectivity index (χ3v) is 5.52. The molecule has 6 nitrogen and oxygen atoms in total. The molecule has 2 aromatic rings. The van der Waals surface area contributed by atoms with E-state index in [0.717, 1.165) is 24.0 Å². The van der Waals surface area contributed by atoms with Crippen molar-refractivity contribution in [2.75, 3.05) is 20.3 Å². The zero-order chi connectivity index (χ0) is 21.0. The van der Waals surface area contributed by atoms with Gasteiger partial charge in [-0.05, 0) is 43.7 Å². The zero-order valence-corrected chi connectivity index (χ0v) is 16.9. The third-order valence-electron chi connectivity index (χ3n) is 5.52. The van der Waals surface area contributed by atoms with Crippen LogP contribution in [0.2, 0.25) is 0 Å². The number of fused-ring (bicyclic) bond motifs is 2. The number of methoxy groups -OCH3 is 1. The summed E-state index contributed by atoms with van der Waals surface area (Å²) < 4.78 is 23.3. The first kappa shape index (κ1) is 20.0. The minimum Gasteiger partial charge on any atom is -0.497 e. The lowest BCUT2D eigenvalue weighted by molar-refractivity contribution is -0.144. The topological polar surface area (TPSA) is 80.0 Å². The molecule has 2 aromatic carbocycles. The molecule has 1 heterocycles. The molecule has 0 saturated carbocycles. The van der Waals surface area contributed by atoms with Crippen molar-refractivity contribution in [1.29, 1.82) is 0 Å². The number of nitrogens with two attached hydrogens (primary N) is 1. The van der Waals surface area contributed by atoms with Gasteiger partial charge in [-0.2, -0.15) is 0 Å². The lowest BCUT2D eigenvalue weighted by atomic mass is 9.71. The second kappa shape index (κ2) is 8.63. The van der Waals surface area contributed by atoms with Crippen molar-refractivity contribution in [1.82, 2.24) is 0 Å². The number of benzene rings is 2. The van der Waals surface area contributed by atoms with Crippen LogP contribution in [0.4, 0.5) is 0 Å². The Morgan fingerprint density at radius 1 is 1.13 bits per heavy atom. The van der Waals surface area contributed by atoms with Gasteiger partial charge in [0.1, 0.15) is 23.0 Å². The number of hydrogen-bond donors (Lipinski definition) is 1. The van der Waals surface area contributed by atoms with Crippen LogP contribution in [-0.4, -0.2) is 26.7 Å². The van der Waals surface area contributed by atoms with E-state index in [9.17, 15) is 4.79 Å². The van der Waals surface area contributed by atoms with E-state index in [-0.39, 0.29) is 5.92 Å². The van der Waals surface area contributed by atoms with Crippen LogP contribution in [0.3, 0.4) is 0 Å². The van der Waals surface area contributed by atoms with Gasteiger partial charge in [-0.15, -0.1) is 0 Å². The maximum absolute atomic E-state index is 11.7. The van der Waals surface area contributed by atoms with E-state index < -0.39 is 5.60 Å². The Morgan fingerprint density at radius 2 is 1.87 bits per heavy atom. The smallest absolute Gasteiger partial charge is 0.294 e. The van der Waals surface area contributed by atoms with Gasteiger partial charge in [0.2, 0.25) is 0 Å². The fourth-order valence-electron chi connectivity index (χ4n) is 4.11. The summed E-state index contributed by atoms with van der Waals surface area (Å²) in [6.45, 7) is 1.60. The molecule has 0 saturated heterocycles. The Balaban J connectivity index is 1.87. The van der Waals surface area contributed by atoms with Crippen LogP contribution >= 0.6 is 0 Å². The Hall–Kier alpha value is -3.25. The van der Waals surface area contributed by atoms with Gasteiger partial charge >= 0.3 is 0 Å². The summed E-state index contributed by atoms with van der Waals surface area (Å²) >= 11 is 0. The normalized spacial score (nSPS) is 21.2. The molecule has 0 bridgehead atoms. The van der Waals surface area contributed by atoms with Gasteiger partial charge in [0.05, 0.1) is 13.7 Å². The van der Waals surface area contributed by atoms with E-state index in [0.29, 0.717) is 42.6 Å². The number of rotatable bonds is 8. The number of allylic oxidation sites excluding steroid dienone is 3. The Morgan fingerprint density at radius 3 is 2.50 bits per heavy atom. The molecule has 0 radical (unpaired) electrons. The van der Waals surface area contributed by atoms with Crippen LogP contribution < -0.4 is 19.9 Å². The van der Waals surface area contributed by atoms with Gasteiger partial charge in [0, 0.05) is 29.2 Å². The van der Waals surface area contributed by atoms with Crippen LogP contribution in [0.15, 0.2) is 60.7 Å². The summed E-state index contributed by atoms with van der Waals surface area (Å²) in [6, 6.07) is 11.2. The molecule has 2 unspecified atom stereocenters. The molecular formula is C24H25NO5. The second-order valence-electron chi connectivity index (χ2n) is 7.22. The van der Waals surface area contributed by atoms with Crippen molar-refractivity contribution in [2.45, 2.75) is 18.4 Å². The average Bonchev–Trinajstić information content (AvgIpc) is 2.79. The Kier molecular flexibility index (Phi) is 5.77. The van der Waals surface area contributed by atoms with Gasteiger partial charge in [-0.25, -0.2) is 0 Å². The maximum atomic E-state index is 11.7. The van der Waals surface area contributed by atoms with E-state index >= 15 is 0 Å². The summed E-state index contributed by atoms with van der Waals surface area (Å²) in [5, 5.41) is 0. The van der Waals surface area contributed by atoms with Crippen molar-refractivity contribution in [3.8, 4) is 23.0 Å². The summed E-state index contributed by atoms with van der Waals surface area (Å²) in [5.41, 5.74) is 6.10. The number of carbonyl (C=O) groups excluding carboxylic acids is 1. The van der Waals surface area contributed by atoms with Crippen LogP contribution in [0, 0.1) is 5.92 Å². The lowest BCUT2D eigenvalue weighted by Crippen LogP contribution is -2.41. The molecule has 156 valence electrons. The van der Waals surface area contributed by atoms with E-state index in [1.807, 2.05) is 48.6 Å². The molecule has 0 amide bonds. The third kappa shape index (κ3) is 3.44. The van der Waals surface area contributed by atoms with Crippen molar-refractivity contribution in [3.63, 3.8) is 0 Å². The van der Waals surface area contributed by atoms with Gasteiger partial charge < -0.3 is 24.7 Å². The van der Waals surface area contributed by atoms with Crippen LogP contribution in [0.25, 0.3) is 0 Å². The molecule has 0 spiro atoms. The lowest BCUT2D eigenvalue weighted by Gasteiger charge is -2.43. The highest BCUT2D eigenvalue weighted by Gasteiger charge is 2.49. The fourth-order valence-corrected chi connectivity index (χ4v) is 4.11. The fraction of sp³-hybridized carbons (Fsp3) is 0.292. The maximum Gasteiger partial charge on any atom is 0.294 e. The molecule has 0 aromatic heterocycles. The molecule has 4 rings (SSSR count). The van der Waals surface area contributed by atoms with Crippen molar-refractivity contribution < 1.29 is 23.7 Å². The zero-order valence-electron chi connectivity index (χ0n) is 16.9. The molecule has 30 heavy (non-hydrogen) atoms. The molecule has 1 aliphatic heterocycles. The molecule has 2 atom stereocenters. The first-order valence-electron chi connectivity index (χ1n) is 10.0. The monoisotopic (exact) mass is 407 g/mol. The summed E-state index contributed by atoms with van der Waals surface area (Å²) in [5.74, 6) is 2.42. The summed E-state index contributed by atoms with van der Waals surface area (Å²) in [6.07, 6.45) is 9.60. The first-order valence-corrected chi connectivity index (χ1v) is 10.0. The first-order chi connectivity index (χ1) is 14.7. The largest absolute Gasteiger partial charge is 0.497 e. The van der Waals surface area contributed by atoms with Crippen LogP contribution in [-0.2, 0) is 15.1 Å². The number of ether oxygens (including phenoxy) is 4. The predicted octanol–water partition coefficient (Wildman–Crippen LogP) is 4.08. The quantitative estimate of drug-likeness (QED) is 0.525. The second-order valence-corrected chi connectivity index (χ2v) is 7.22. The highest BCUT2D eigenvalue weighted by molar-refractivity contribution is 5.62. The molecule has 0 fully saturated rings. The Labute approximate surface area is 175 Å². The van der Waals surface area contributed by atoms with E-state index in [1.165, 1.54) is 0 Å². The highest BCUT2D eigenvalue weighted by Crippen LogP contribution is 2.55. The van der Waals surface area contributed by atoms with Crippen LogP contribution in [0.1, 0.15) is 24.0 Å². The average molecular weight is 407 g/mol.